The van der Waals surface area contributed by atoms with E-state index >= 15 is 0 Å². The normalized spacial score (nSPS) is 23.4. The Labute approximate surface area is 143 Å². The van der Waals surface area contributed by atoms with E-state index in [4.69, 9.17) is 5.11 Å². The minimum atomic E-state index is -0.794. The summed E-state index contributed by atoms with van der Waals surface area (Å²) in [6.07, 6.45) is 0.993. The van der Waals surface area contributed by atoms with Crippen molar-refractivity contribution in [3.8, 4) is 0 Å². The summed E-state index contributed by atoms with van der Waals surface area (Å²) in [7, 11) is 2.08. The molecule has 1 saturated heterocycles. The lowest BCUT2D eigenvalue weighted by Crippen LogP contribution is -2.33. The van der Waals surface area contributed by atoms with Gasteiger partial charge in [0.15, 0.2) is 0 Å². The molecule has 0 aromatic heterocycles. The van der Waals surface area contributed by atoms with Gasteiger partial charge < -0.3 is 10.2 Å². The average molecular weight is 327 g/mol. The maximum absolute atomic E-state index is 11.2. The molecule has 0 bridgehead atoms. The van der Waals surface area contributed by atoms with Crippen molar-refractivity contribution in [2.45, 2.75) is 31.4 Å². The van der Waals surface area contributed by atoms with E-state index in [2.05, 4.69) is 24.1 Å². The number of nitrogens with zero attached hydrogens (tertiary/aromatic N) is 1. The van der Waals surface area contributed by atoms with Crippen molar-refractivity contribution in [1.29, 1.82) is 0 Å². The summed E-state index contributed by atoms with van der Waals surface area (Å²) in [6.45, 7) is 2.51. The summed E-state index contributed by atoms with van der Waals surface area (Å²) < 4.78 is 0. The molecule has 1 aliphatic heterocycles. The van der Waals surface area contributed by atoms with Crippen molar-refractivity contribution in [3.05, 3.63) is 71.8 Å². The Balaban J connectivity index is 0.000000368. The molecule has 1 heterocycles. The number of hydrogen-bond donors (Lipinski definition) is 2. The second-order valence-electron chi connectivity index (χ2n) is 6.08. The summed E-state index contributed by atoms with van der Waals surface area (Å²) in [4.78, 5) is 11.6. The highest BCUT2D eigenvalue weighted by Gasteiger charge is 2.46. The molecule has 3 rings (SSSR count). The van der Waals surface area contributed by atoms with Gasteiger partial charge in [-0.05, 0) is 24.6 Å². The van der Waals surface area contributed by atoms with Gasteiger partial charge in [0.1, 0.15) is 5.60 Å². The van der Waals surface area contributed by atoms with Gasteiger partial charge in [-0.15, -0.1) is 0 Å². The van der Waals surface area contributed by atoms with Gasteiger partial charge in [0.25, 0.3) is 0 Å². The SMILES string of the molecule is CCC(=O)O.CN1CCC(O)(c2ccccc2)C1c1ccccc1. The highest BCUT2D eigenvalue weighted by molar-refractivity contribution is 5.66. The smallest absolute Gasteiger partial charge is 0.303 e. The highest BCUT2D eigenvalue weighted by atomic mass is 16.4. The number of carboxylic acids is 1. The molecule has 1 fully saturated rings. The Kier molecular flexibility index (Phi) is 6.12. The second-order valence-corrected chi connectivity index (χ2v) is 6.08. The van der Waals surface area contributed by atoms with Crippen LogP contribution in [0.4, 0.5) is 0 Å². The lowest BCUT2D eigenvalue weighted by atomic mass is 9.83. The quantitative estimate of drug-likeness (QED) is 0.907. The van der Waals surface area contributed by atoms with Crippen LogP contribution in [0.15, 0.2) is 60.7 Å². The van der Waals surface area contributed by atoms with E-state index in [0.717, 1.165) is 18.5 Å². The predicted octanol–water partition coefficient (Wildman–Crippen LogP) is 3.43. The molecule has 2 aromatic carbocycles. The van der Waals surface area contributed by atoms with E-state index in [-0.39, 0.29) is 12.5 Å². The number of likely N-dealkylation sites (N-methyl/N-ethyl adjacent to an activating group) is 1. The van der Waals surface area contributed by atoms with Crippen molar-refractivity contribution in [1.82, 2.24) is 4.90 Å². The minimum Gasteiger partial charge on any atom is -0.481 e. The summed E-state index contributed by atoms with van der Waals surface area (Å²) in [5, 5.41) is 18.9. The first-order valence-electron chi connectivity index (χ1n) is 8.24. The van der Waals surface area contributed by atoms with Gasteiger partial charge in [-0.25, -0.2) is 0 Å². The number of carbonyl (C=O) groups is 1. The van der Waals surface area contributed by atoms with Gasteiger partial charge in [-0.2, -0.15) is 0 Å². The lowest BCUT2D eigenvalue weighted by molar-refractivity contribution is -0.136. The molecule has 1 aliphatic rings. The van der Waals surface area contributed by atoms with Crippen LogP contribution >= 0.6 is 0 Å². The number of aliphatic carboxylic acids is 1. The van der Waals surface area contributed by atoms with E-state index in [1.54, 1.807) is 6.92 Å². The first-order valence-corrected chi connectivity index (χ1v) is 8.24. The fraction of sp³-hybridized carbons (Fsp3) is 0.350. The van der Waals surface area contributed by atoms with Crippen LogP contribution < -0.4 is 0 Å². The molecule has 2 aromatic rings. The van der Waals surface area contributed by atoms with Crippen LogP contribution in [0.2, 0.25) is 0 Å². The summed E-state index contributed by atoms with van der Waals surface area (Å²) in [6, 6.07) is 20.3. The zero-order valence-electron chi connectivity index (χ0n) is 14.2. The lowest BCUT2D eigenvalue weighted by Gasteiger charge is -2.33. The number of benzene rings is 2. The van der Waals surface area contributed by atoms with Crippen LogP contribution in [0, 0.1) is 0 Å². The maximum atomic E-state index is 11.2. The van der Waals surface area contributed by atoms with Gasteiger partial charge in [0.05, 0.1) is 6.04 Å². The monoisotopic (exact) mass is 327 g/mol. The van der Waals surface area contributed by atoms with Crippen LogP contribution in [-0.2, 0) is 10.4 Å². The topological polar surface area (TPSA) is 60.8 Å². The van der Waals surface area contributed by atoms with Crippen molar-refractivity contribution in [2.75, 3.05) is 13.6 Å². The van der Waals surface area contributed by atoms with E-state index in [1.807, 2.05) is 48.5 Å². The van der Waals surface area contributed by atoms with E-state index in [9.17, 15) is 9.90 Å². The molecule has 0 aliphatic carbocycles. The number of rotatable bonds is 3. The Morgan fingerprint density at radius 3 is 2.12 bits per heavy atom. The molecule has 24 heavy (non-hydrogen) atoms. The van der Waals surface area contributed by atoms with Crippen LogP contribution in [0.25, 0.3) is 0 Å². The second kappa shape index (κ2) is 8.08. The Morgan fingerprint density at radius 2 is 1.62 bits per heavy atom. The van der Waals surface area contributed by atoms with Crippen LogP contribution in [0.3, 0.4) is 0 Å². The van der Waals surface area contributed by atoms with Crippen molar-refractivity contribution < 1.29 is 15.0 Å². The van der Waals surface area contributed by atoms with Crippen molar-refractivity contribution in [2.24, 2.45) is 0 Å². The molecular formula is C20H25NO3. The van der Waals surface area contributed by atoms with Crippen molar-refractivity contribution >= 4 is 5.97 Å². The maximum Gasteiger partial charge on any atom is 0.303 e. The van der Waals surface area contributed by atoms with Crippen LogP contribution in [-0.4, -0.2) is 34.7 Å². The summed E-state index contributed by atoms with van der Waals surface area (Å²) in [5.74, 6) is -0.745. The van der Waals surface area contributed by atoms with Crippen LogP contribution in [0.5, 0.6) is 0 Å². The molecule has 0 radical (unpaired) electrons. The largest absolute Gasteiger partial charge is 0.481 e. The Morgan fingerprint density at radius 1 is 1.12 bits per heavy atom. The molecule has 2 atom stereocenters. The van der Waals surface area contributed by atoms with Gasteiger partial charge in [0.2, 0.25) is 0 Å². The summed E-state index contributed by atoms with van der Waals surface area (Å²) in [5.41, 5.74) is 1.39. The molecule has 128 valence electrons. The van der Waals surface area contributed by atoms with Gasteiger partial charge in [-0.3, -0.25) is 9.69 Å². The number of hydrogen-bond acceptors (Lipinski definition) is 3. The third-order valence-corrected chi connectivity index (χ3v) is 4.43. The van der Waals surface area contributed by atoms with Gasteiger partial charge in [0, 0.05) is 13.0 Å². The van der Waals surface area contributed by atoms with Crippen LogP contribution in [0.1, 0.15) is 36.9 Å². The van der Waals surface area contributed by atoms with Gasteiger partial charge in [-0.1, -0.05) is 67.6 Å². The standard InChI is InChI=1S/C17H19NO.C3H6O2/c1-18-13-12-17(19,15-10-6-3-7-11-15)16(18)14-8-4-2-5-9-14;1-2-3(4)5/h2-11,16,19H,12-13H2,1H3;2H2,1H3,(H,4,5). The summed E-state index contributed by atoms with van der Waals surface area (Å²) >= 11 is 0. The fourth-order valence-corrected chi connectivity index (χ4v) is 3.17. The zero-order chi connectivity index (χ0) is 17.6. The number of likely N-dealkylation sites (tertiary alicyclic amines) is 1. The van der Waals surface area contributed by atoms with Crippen molar-refractivity contribution in [3.63, 3.8) is 0 Å². The molecule has 0 amide bonds. The first kappa shape index (κ1) is 18.2. The molecular weight excluding hydrogens is 302 g/mol. The highest BCUT2D eigenvalue weighted by Crippen LogP contribution is 2.46. The Bertz CT molecular complexity index is 644. The third-order valence-electron chi connectivity index (χ3n) is 4.43. The zero-order valence-corrected chi connectivity index (χ0v) is 14.2. The fourth-order valence-electron chi connectivity index (χ4n) is 3.17. The average Bonchev–Trinajstić information content (AvgIpc) is 2.93. The molecule has 2 N–H and O–H groups in total. The number of carboxylic acid groups (broad SMARTS) is 1. The van der Waals surface area contributed by atoms with E-state index in [0.29, 0.717) is 0 Å². The molecule has 4 heteroatoms. The molecule has 4 nitrogen and oxygen atoms in total. The Hall–Kier alpha value is -2.17. The molecule has 0 spiro atoms. The first-order chi connectivity index (χ1) is 11.5. The molecule has 2 unspecified atom stereocenters. The minimum absolute atomic E-state index is 0.0242. The number of aliphatic hydroxyl groups is 1. The predicted molar refractivity (Wildman–Crippen MR) is 94.7 cm³/mol. The van der Waals surface area contributed by atoms with E-state index < -0.39 is 11.6 Å². The third kappa shape index (κ3) is 4.02. The van der Waals surface area contributed by atoms with Gasteiger partial charge >= 0.3 is 5.97 Å². The molecule has 0 saturated carbocycles. The van der Waals surface area contributed by atoms with E-state index in [1.165, 1.54) is 5.56 Å².